The smallest absolute Gasteiger partial charge is 0.357 e. The second kappa shape index (κ2) is 8.31. The molecule has 0 amide bonds. The van der Waals surface area contributed by atoms with E-state index < -0.39 is 5.97 Å². The summed E-state index contributed by atoms with van der Waals surface area (Å²) in [5.74, 6) is 0.0788. The molecule has 0 spiro atoms. The van der Waals surface area contributed by atoms with Gasteiger partial charge in [0.05, 0.1) is 13.7 Å². The molecular weight excluding hydrogens is 332 g/mol. The summed E-state index contributed by atoms with van der Waals surface area (Å²) in [7, 11) is 1.64. The fourth-order valence-corrected chi connectivity index (χ4v) is 2.71. The zero-order chi connectivity index (χ0) is 18.4. The number of carboxylic acids is 1. The van der Waals surface area contributed by atoms with Gasteiger partial charge in [0.25, 0.3) is 0 Å². The summed E-state index contributed by atoms with van der Waals surface area (Å²) in [5.41, 5.74) is 2.16. The van der Waals surface area contributed by atoms with Gasteiger partial charge < -0.3 is 14.3 Å². The van der Waals surface area contributed by atoms with Crippen LogP contribution in [0.5, 0.6) is 5.75 Å². The van der Waals surface area contributed by atoms with Crippen LogP contribution in [0.1, 0.15) is 27.5 Å². The Morgan fingerprint density at radius 3 is 2.50 bits per heavy atom. The van der Waals surface area contributed by atoms with E-state index in [4.69, 9.17) is 14.3 Å². The zero-order valence-corrected chi connectivity index (χ0v) is 14.5. The molecule has 0 atom stereocenters. The van der Waals surface area contributed by atoms with Gasteiger partial charge in [0.15, 0.2) is 5.69 Å². The van der Waals surface area contributed by atoms with E-state index in [1.54, 1.807) is 7.11 Å². The Labute approximate surface area is 151 Å². The highest BCUT2D eigenvalue weighted by Gasteiger charge is 2.15. The summed E-state index contributed by atoms with van der Waals surface area (Å²) >= 11 is 0. The molecule has 0 aliphatic heterocycles. The predicted octanol–water partition coefficient (Wildman–Crippen LogP) is 3.58. The van der Waals surface area contributed by atoms with Gasteiger partial charge in [0.1, 0.15) is 12.0 Å². The quantitative estimate of drug-likeness (QED) is 0.668. The monoisotopic (exact) mass is 352 g/mol. The van der Waals surface area contributed by atoms with Crippen molar-refractivity contribution < 1.29 is 19.1 Å². The lowest BCUT2D eigenvalue weighted by molar-refractivity contribution is 0.0690. The molecule has 3 aromatic rings. The van der Waals surface area contributed by atoms with E-state index in [0.29, 0.717) is 25.5 Å². The average molecular weight is 352 g/mol. The highest BCUT2D eigenvalue weighted by Crippen LogP contribution is 2.18. The largest absolute Gasteiger partial charge is 0.497 e. The number of carboxylic acid groups (broad SMARTS) is 1. The normalized spacial score (nSPS) is 10.8. The highest BCUT2D eigenvalue weighted by atomic mass is 16.5. The van der Waals surface area contributed by atoms with Crippen molar-refractivity contribution in [1.82, 2.24) is 9.88 Å². The summed E-state index contributed by atoms with van der Waals surface area (Å²) in [6, 6.07) is 17.9. The first kappa shape index (κ1) is 17.7. The van der Waals surface area contributed by atoms with Crippen LogP contribution in [0.3, 0.4) is 0 Å². The summed E-state index contributed by atoms with van der Waals surface area (Å²) in [6.07, 6.45) is 1.17. The second-order valence-corrected chi connectivity index (χ2v) is 5.91. The minimum atomic E-state index is -1.09. The van der Waals surface area contributed by atoms with Crippen LogP contribution in [-0.4, -0.2) is 28.1 Å². The number of methoxy groups -OCH3 is 1. The Morgan fingerprint density at radius 1 is 1.08 bits per heavy atom. The number of ether oxygens (including phenoxy) is 1. The molecule has 3 rings (SSSR count). The van der Waals surface area contributed by atoms with Crippen molar-refractivity contribution in [3.05, 3.63) is 83.6 Å². The maximum Gasteiger partial charge on any atom is 0.357 e. The predicted molar refractivity (Wildman–Crippen MR) is 95.8 cm³/mol. The number of carbonyl (C=O) groups is 1. The minimum absolute atomic E-state index is 0.0824. The molecule has 0 aliphatic rings. The van der Waals surface area contributed by atoms with Crippen molar-refractivity contribution in [3.8, 4) is 5.75 Å². The first-order chi connectivity index (χ1) is 12.6. The maximum atomic E-state index is 11.0. The van der Waals surface area contributed by atoms with Crippen LogP contribution in [-0.2, 0) is 19.6 Å². The van der Waals surface area contributed by atoms with Crippen LogP contribution in [0.2, 0.25) is 0 Å². The summed E-state index contributed by atoms with van der Waals surface area (Å²) in [4.78, 5) is 17.2. The molecule has 0 aliphatic carbocycles. The van der Waals surface area contributed by atoms with Crippen molar-refractivity contribution in [3.63, 3.8) is 0 Å². The van der Waals surface area contributed by atoms with E-state index >= 15 is 0 Å². The van der Waals surface area contributed by atoms with Crippen molar-refractivity contribution in [2.75, 3.05) is 7.11 Å². The number of hydrogen-bond acceptors (Lipinski definition) is 5. The Bertz CT molecular complexity index is 861. The molecular formula is C20H20N2O4. The number of rotatable bonds is 8. The Kier molecular flexibility index (Phi) is 5.66. The summed E-state index contributed by atoms with van der Waals surface area (Å²) in [6.45, 7) is 1.74. The molecule has 1 N–H and O–H groups in total. The standard InChI is InChI=1S/C20H20N2O4/c1-25-17-9-5-8-16(10-17)12-22(11-15-6-3-2-4-7-15)13-19-21-18(14-26-19)20(23)24/h2-10,14H,11-13H2,1H3,(H,23,24). The van der Waals surface area contributed by atoms with Gasteiger partial charge in [-0.25, -0.2) is 9.78 Å². The van der Waals surface area contributed by atoms with Crippen molar-refractivity contribution in [1.29, 1.82) is 0 Å². The Hall–Kier alpha value is -3.12. The van der Waals surface area contributed by atoms with Crippen molar-refractivity contribution in [2.24, 2.45) is 0 Å². The Balaban J connectivity index is 1.79. The summed E-state index contributed by atoms with van der Waals surface area (Å²) in [5, 5.41) is 9.01. The molecule has 0 saturated heterocycles. The topological polar surface area (TPSA) is 75.8 Å². The van der Waals surface area contributed by atoms with E-state index in [1.165, 1.54) is 6.26 Å². The van der Waals surface area contributed by atoms with E-state index in [-0.39, 0.29) is 5.69 Å². The molecule has 1 aromatic heterocycles. The van der Waals surface area contributed by atoms with Gasteiger partial charge in [-0.3, -0.25) is 4.90 Å². The van der Waals surface area contributed by atoms with E-state index in [9.17, 15) is 4.79 Å². The van der Waals surface area contributed by atoms with E-state index in [2.05, 4.69) is 22.0 Å². The highest BCUT2D eigenvalue weighted by molar-refractivity contribution is 5.84. The molecule has 6 nitrogen and oxygen atoms in total. The van der Waals surface area contributed by atoms with Gasteiger partial charge in [0, 0.05) is 13.1 Å². The molecule has 0 unspecified atom stereocenters. The first-order valence-electron chi connectivity index (χ1n) is 8.21. The maximum absolute atomic E-state index is 11.0. The van der Waals surface area contributed by atoms with Crippen molar-refractivity contribution >= 4 is 5.97 Å². The van der Waals surface area contributed by atoms with Crippen molar-refractivity contribution in [2.45, 2.75) is 19.6 Å². The fraction of sp³-hybridized carbons (Fsp3) is 0.200. The Morgan fingerprint density at radius 2 is 1.81 bits per heavy atom. The molecule has 0 radical (unpaired) electrons. The number of hydrogen-bond donors (Lipinski definition) is 1. The third kappa shape index (κ3) is 4.70. The third-order valence-corrected chi connectivity index (χ3v) is 3.92. The molecule has 2 aromatic carbocycles. The van der Waals surface area contributed by atoms with Gasteiger partial charge in [-0.2, -0.15) is 0 Å². The molecule has 0 saturated carbocycles. The minimum Gasteiger partial charge on any atom is -0.497 e. The number of aromatic nitrogens is 1. The average Bonchev–Trinajstić information content (AvgIpc) is 3.11. The van der Waals surface area contributed by atoms with E-state index in [0.717, 1.165) is 16.9 Å². The summed E-state index contributed by atoms with van der Waals surface area (Å²) < 4.78 is 10.6. The zero-order valence-electron chi connectivity index (χ0n) is 14.5. The second-order valence-electron chi connectivity index (χ2n) is 5.91. The van der Waals surface area contributed by atoms with Crippen LogP contribution in [0.15, 0.2) is 65.3 Å². The SMILES string of the molecule is COc1cccc(CN(Cc2ccccc2)Cc2nc(C(=O)O)co2)c1. The lowest BCUT2D eigenvalue weighted by Crippen LogP contribution is -2.22. The van der Waals surface area contributed by atoms with Gasteiger partial charge in [-0.1, -0.05) is 42.5 Å². The van der Waals surface area contributed by atoms with Gasteiger partial charge >= 0.3 is 5.97 Å². The molecule has 0 bridgehead atoms. The van der Waals surface area contributed by atoms with Gasteiger partial charge in [-0.15, -0.1) is 0 Å². The molecule has 134 valence electrons. The lowest BCUT2D eigenvalue weighted by Gasteiger charge is -2.21. The lowest BCUT2D eigenvalue weighted by atomic mass is 10.1. The fourth-order valence-electron chi connectivity index (χ4n) is 2.71. The molecule has 0 fully saturated rings. The number of benzene rings is 2. The molecule has 26 heavy (non-hydrogen) atoms. The molecule has 1 heterocycles. The molecule has 6 heteroatoms. The van der Waals surface area contributed by atoms with Crippen LogP contribution < -0.4 is 4.74 Å². The first-order valence-corrected chi connectivity index (χ1v) is 8.21. The number of aromatic carboxylic acids is 1. The van der Waals surface area contributed by atoms with Crippen LogP contribution >= 0.6 is 0 Å². The van der Waals surface area contributed by atoms with Crippen LogP contribution in [0.25, 0.3) is 0 Å². The van der Waals surface area contributed by atoms with Crippen LogP contribution in [0.4, 0.5) is 0 Å². The van der Waals surface area contributed by atoms with E-state index in [1.807, 2.05) is 42.5 Å². The number of oxazole rings is 1. The van der Waals surface area contributed by atoms with Gasteiger partial charge in [0.2, 0.25) is 5.89 Å². The van der Waals surface area contributed by atoms with Gasteiger partial charge in [-0.05, 0) is 23.3 Å². The van der Waals surface area contributed by atoms with Crippen LogP contribution in [0, 0.1) is 0 Å². The third-order valence-electron chi connectivity index (χ3n) is 3.92. The number of nitrogens with zero attached hydrogens (tertiary/aromatic N) is 2.